The Labute approximate surface area is 98.4 Å². The van der Waals surface area contributed by atoms with Gasteiger partial charge in [-0.15, -0.1) is 0 Å². The fraction of sp³-hybridized carbons (Fsp3) is 0.818. The molecule has 17 heavy (non-hydrogen) atoms. The average Bonchev–Trinajstić information content (AvgIpc) is 2.10. The summed E-state index contributed by atoms with van der Waals surface area (Å²) >= 11 is 0. The lowest BCUT2D eigenvalue weighted by atomic mass is 9.79. The Balaban J connectivity index is 2.36. The van der Waals surface area contributed by atoms with Crippen molar-refractivity contribution in [3.8, 4) is 0 Å². The first-order chi connectivity index (χ1) is 7.71. The Bertz CT molecular complexity index is 310. The zero-order valence-electron chi connectivity index (χ0n) is 9.87. The van der Waals surface area contributed by atoms with Crippen LogP contribution in [0.5, 0.6) is 0 Å². The number of hydrogen-bond donors (Lipinski definition) is 2. The van der Waals surface area contributed by atoms with Gasteiger partial charge in [0.2, 0.25) is 11.8 Å². The van der Waals surface area contributed by atoms with E-state index in [9.17, 15) is 18.4 Å². The number of carboxylic acids is 1. The van der Waals surface area contributed by atoms with E-state index < -0.39 is 23.8 Å². The summed E-state index contributed by atoms with van der Waals surface area (Å²) in [4.78, 5) is 22.3. The SMILES string of the molecule is CC(C)[C@@H](NC(=O)CC1CC(F)(F)C1)C(=O)O. The van der Waals surface area contributed by atoms with E-state index in [-0.39, 0.29) is 31.1 Å². The van der Waals surface area contributed by atoms with Crippen molar-refractivity contribution in [2.24, 2.45) is 11.8 Å². The molecule has 1 rings (SSSR count). The summed E-state index contributed by atoms with van der Waals surface area (Å²) in [7, 11) is 0. The number of amides is 1. The highest BCUT2D eigenvalue weighted by Crippen LogP contribution is 2.43. The van der Waals surface area contributed by atoms with Crippen LogP contribution in [0.25, 0.3) is 0 Å². The first-order valence-corrected chi connectivity index (χ1v) is 5.61. The Kier molecular flexibility index (Phi) is 4.06. The van der Waals surface area contributed by atoms with Crippen LogP contribution in [-0.4, -0.2) is 28.9 Å². The summed E-state index contributed by atoms with van der Waals surface area (Å²) in [5, 5.41) is 11.2. The quantitative estimate of drug-likeness (QED) is 0.778. The molecule has 1 fully saturated rings. The second-order valence-electron chi connectivity index (χ2n) is 4.96. The van der Waals surface area contributed by atoms with Crippen LogP contribution in [0.1, 0.15) is 33.1 Å². The summed E-state index contributed by atoms with van der Waals surface area (Å²) in [6.07, 6.45) is -0.578. The van der Waals surface area contributed by atoms with Gasteiger partial charge in [-0.1, -0.05) is 13.8 Å². The molecule has 4 nitrogen and oxygen atoms in total. The number of nitrogens with one attached hydrogen (secondary N) is 1. The van der Waals surface area contributed by atoms with E-state index in [1.165, 1.54) is 0 Å². The highest BCUT2D eigenvalue weighted by atomic mass is 19.3. The first-order valence-electron chi connectivity index (χ1n) is 5.61. The van der Waals surface area contributed by atoms with E-state index >= 15 is 0 Å². The number of carbonyl (C=O) groups is 2. The number of rotatable bonds is 5. The van der Waals surface area contributed by atoms with Crippen molar-refractivity contribution in [3.05, 3.63) is 0 Å². The van der Waals surface area contributed by atoms with Crippen molar-refractivity contribution in [2.75, 3.05) is 0 Å². The van der Waals surface area contributed by atoms with Crippen LogP contribution in [0.15, 0.2) is 0 Å². The minimum atomic E-state index is -2.64. The molecule has 1 saturated carbocycles. The van der Waals surface area contributed by atoms with Gasteiger partial charge in [0.15, 0.2) is 0 Å². The van der Waals surface area contributed by atoms with E-state index in [2.05, 4.69) is 5.32 Å². The molecular formula is C11H17F2NO3. The predicted octanol–water partition coefficient (Wildman–Crippen LogP) is 1.65. The Hall–Kier alpha value is -1.20. The molecule has 0 aromatic carbocycles. The topological polar surface area (TPSA) is 66.4 Å². The molecule has 0 aromatic heterocycles. The number of hydrogen-bond acceptors (Lipinski definition) is 2. The molecule has 0 saturated heterocycles. The van der Waals surface area contributed by atoms with E-state index in [1.807, 2.05) is 0 Å². The van der Waals surface area contributed by atoms with Crippen LogP contribution in [0.2, 0.25) is 0 Å². The second-order valence-corrected chi connectivity index (χ2v) is 4.96. The van der Waals surface area contributed by atoms with E-state index in [0.29, 0.717) is 0 Å². The summed E-state index contributed by atoms with van der Waals surface area (Å²) in [6.45, 7) is 3.35. The summed E-state index contributed by atoms with van der Waals surface area (Å²) in [5.41, 5.74) is 0. The maximum atomic E-state index is 12.5. The Morgan fingerprint density at radius 1 is 1.41 bits per heavy atom. The summed E-state index contributed by atoms with van der Waals surface area (Å²) in [5.74, 6) is -4.78. The van der Waals surface area contributed by atoms with Crippen LogP contribution < -0.4 is 5.32 Å². The van der Waals surface area contributed by atoms with Gasteiger partial charge >= 0.3 is 5.97 Å². The third-order valence-electron chi connectivity index (χ3n) is 2.90. The maximum absolute atomic E-state index is 12.5. The molecule has 1 aliphatic carbocycles. The number of carbonyl (C=O) groups excluding carboxylic acids is 1. The van der Waals surface area contributed by atoms with Gasteiger partial charge in [0.25, 0.3) is 0 Å². The molecule has 1 aliphatic rings. The molecule has 0 unspecified atom stereocenters. The molecule has 0 aromatic rings. The second kappa shape index (κ2) is 4.98. The summed E-state index contributed by atoms with van der Waals surface area (Å²) in [6, 6.07) is -0.955. The van der Waals surface area contributed by atoms with Crippen molar-refractivity contribution in [1.82, 2.24) is 5.32 Å². The van der Waals surface area contributed by atoms with Crippen molar-refractivity contribution in [2.45, 2.75) is 45.1 Å². The minimum Gasteiger partial charge on any atom is -0.480 e. The Morgan fingerprint density at radius 2 is 1.94 bits per heavy atom. The maximum Gasteiger partial charge on any atom is 0.326 e. The molecule has 0 radical (unpaired) electrons. The smallest absolute Gasteiger partial charge is 0.326 e. The molecule has 6 heteroatoms. The number of carboxylic acid groups (broad SMARTS) is 1. The number of alkyl halides is 2. The van der Waals surface area contributed by atoms with Crippen molar-refractivity contribution >= 4 is 11.9 Å². The molecule has 0 spiro atoms. The monoisotopic (exact) mass is 249 g/mol. The van der Waals surface area contributed by atoms with Gasteiger partial charge in [-0.2, -0.15) is 0 Å². The van der Waals surface area contributed by atoms with Crippen LogP contribution in [0, 0.1) is 11.8 Å². The lowest BCUT2D eigenvalue weighted by Gasteiger charge is -2.34. The van der Waals surface area contributed by atoms with Crippen molar-refractivity contribution in [1.29, 1.82) is 0 Å². The fourth-order valence-electron chi connectivity index (χ4n) is 1.94. The van der Waals surface area contributed by atoms with E-state index in [0.717, 1.165) is 0 Å². The minimum absolute atomic E-state index is 0.0217. The predicted molar refractivity (Wildman–Crippen MR) is 56.7 cm³/mol. The summed E-state index contributed by atoms with van der Waals surface area (Å²) < 4.78 is 25.1. The molecule has 0 heterocycles. The first kappa shape index (κ1) is 13.9. The van der Waals surface area contributed by atoms with Crippen LogP contribution >= 0.6 is 0 Å². The van der Waals surface area contributed by atoms with Crippen LogP contribution in [-0.2, 0) is 9.59 Å². The lowest BCUT2D eigenvalue weighted by Crippen LogP contribution is -2.46. The number of aliphatic carboxylic acids is 1. The normalized spacial score (nSPS) is 20.8. The van der Waals surface area contributed by atoms with Gasteiger partial charge in [0.05, 0.1) is 0 Å². The zero-order valence-corrected chi connectivity index (χ0v) is 9.87. The third-order valence-corrected chi connectivity index (χ3v) is 2.90. The van der Waals surface area contributed by atoms with Gasteiger partial charge < -0.3 is 10.4 Å². The standard InChI is InChI=1S/C11H17F2NO3/c1-6(2)9(10(16)17)14-8(15)3-7-4-11(12,13)5-7/h6-7,9H,3-5H2,1-2H3,(H,14,15)(H,16,17)/t9-/m1/s1. The molecule has 0 aliphatic heterocycles. The lowest BCUT2D eigenvalue weighted by molar-refractivity contribution is -0.145. The van der Waals surface area contributed by atoms with Gasteiger partial charge in [0.1, 0.15) is 6.04 Å². The van der Waals surface area contributed by atoms with Gasteiger partial charge in [-0.05, 0) is 11.8 Å². The van der Waals surface area contributed by atoms with Crippen LogP contribution in [0.4, 0.5) is 8.78 Å². The number of halogens is 2. The molecule has 1 atom stereocenters. The molecule has 2 N–H and O–H groups in total. The third kappa shape index (κ3) is 3.94. The average molecular weight is 249 g/mol. The molecule has 98 valence electrons. The largest absolute Gasteiger partial charge is 0.480 e. The molecule has 1 amide bonds. The van der Waals surface area contributed by atoms with Gasteiger partial charge in [-0.25, -0.2) is 13.6 Å². The zero-order chi connectivity index (χ0) is 13.2. The molecular weight excluding hydrogens is 232 g/mol. The van der Waals surface area contributed by atoms with Crippen molar-refractivity contribution < 1.29 is 23.5 Å². The van der Waals surface area contributed by atoms with E-state index in [1.54, 1.807) is 13.8 Å². The fourth-order valence-corrected chi connectivity index (χ4v) is 1.94. The van der Waals surface area contributed by atoms with E-state index in [4.69, 9.17) is 5.11 Å². The highest BCUT2D eigenvalue weighted by molar-refractivity contribution is 5.83. The van der Waals surface area contributed by atoms with Crippen LogP contribution in [0.3, 0.4) is 0 Å². The van der Waals surface area contributed by atoms with Crippen molar-refractivity contribution in [3.63, 3.8) is 0 Å². The highest BCUT2D eigenvalue weighted by Gasteiger charge is 2.45. The van der Waals surface area contributed by atoms with Gasteiger partial charge in [-0.3, -0.25) is 4.79 Å². The van der Waals surface area contributed by atoms with Gasteiger partial charge in [0, 0.05) is 19.3 Å². The Morgan fingerprint density at radius 3 is 2.29 bits per heavy atom. The molecule has 0 bridgehead atoms.